The van der Waals surface area contributed by atoms with Gasteiger partial charge >= 0.3 is 0 Å². The molecule has 0 atom stereocenters. The van der Waals surface area contributed by atoms with Gasteiger partial charge in [-0.3, -0.25) is 0 Å². The minimum atomic E-state index is 0.471. The second-order valence-corrected chi connectivity index (χ2v) is 14.5. The Morgan fingerprint density at radius 2 is 0.400 bits per heavy atom. The van der Waals surface area contributed by atoms with Gasteiger partial charge in [-0.15, -0.1) is 0 Å². The van der Waals surface area contributed by atoms with Crippen LogP contribution < -0.4 is 0 Å². The molecule has 0 unspecified atom stereocenters. The van der Waals surface area contributed by atoms with Gasteiger partial charge in [0.15, 0.2) is 5.82 Å². The first-order valence-corrected chi connectivity index (χ1v) is 20.0. The Labute approximate surface area is 349 Å². The number of nitrogens with zero attached hydrogens (tertiary/aromatic N) is 5. The number of benzene rings is 6. The molecule has 4 heterocycles. The van der Waals surface area contributed by atoms with Crippen molar-refractivity contribution in [3.05, 3.63) is 224 Å². The Morgan fingerprint density at radius 3 is 0.717 bits per heavy atom. The second-order valence-electron chi connectivity index (χ2n) is 14.5. The molecule has 5 nitrogen and oxygen atoms in total. The Morgan fingerprint density at radius 1 is 0.167 bits per heavy atom. The van der Waals surface area contributed by atoms with E-state index in [1.807, 2.05) is 78.9 Å². The lowest BCUT2D eigenvalue weighted by Crippen LogP contribution is -2.02. The minimum Gasteiger partial charge on any atom is -0.246 e. The van der Waals surface area contributed by atoms with Crippen molar-refractivity contribution in [2.24, 2.45) is 0 Å². The number of aromatic nitrogens is 5. The molecule has 0 aliphatic heterocycles. The SMILES string of the molecule is c1ccc(-c2cc(-c3ccccc3)nc(-c3cc(-c4cc(-c5ccccc5)cc(-c5ccccc5)n4)nc(-c4cc(-c5ccccc5)cc(-c5ccccc5)n4)n3)c2)cc1. The van der Waals surface area contributed by atoms with Crippen molar-refractivity contribution in [1.82, 2.24) is 24.9 Å². The predicted octanol–water partition coefficient (Wildman–Crippen LogP) is 13.7. The third-order valence-electron chi connectivity index (χ3n) is 10.5. The summed E-state index contributed by atoms with van der Waals surface area (Å²) >= 11 is 0. The van der Waals surface area contributed by atoms with Crippen molar-refractivity contribution < 1.29 is 0 Å². The van der Waals surface area contributed by atoms with Gasteiger partial charge < -0.3 is 0 Å². The highest BCUT2D eigenvalue weighted by Gasteiger charge is 2.19. The van der Waals surface area contributed by atoms with Crippen LogP contribution in [0.3, 0.4) is 0 Å². The zero-order valence-electron chi connectivity index (χ0n) is 32.6. The number of hydrogen-bond donors (Lipinski definition) is 0. The molecule has 282 valence electrons. The summed E-state index contributed by atoms with van der Waals surface area (Å²) in [7, 11) is 0. The first-order chi connectivity index (χ1) is 29.7. The van der Waals surface area contributed by atoms with Crippen LogP contribution >= 0.6 is 0 Å². The molecular weight excluding hydrogens is 731 g/mol. The number of rotatable bonds is 9. The average Bonchev–Trinajstić information content (AvgIpc) is 3.35. The van der Waals surface area contributed by atoms with Crippen molar-refractivity contribution in [3.8, 4) is 101 Å². The molecule has 0 saturated heterocycles. The molecule has 0 spiro atoms. The first-order valence-electron chi connectivity index (χ1n) is 20.0. The van der Waals surface area contributed by atoms with Crippen molar-refractivity contribution in [2.45, 2.75) is 0 Å². The molecule has 6 aromatic carbocycles. The molecule has 5 heteroatoms. The lowest BCUT2D eigenvalue weighted by atomic mass is 10.00. The molecule has 0 aliphatic rings. The zero-order valence-corrected chi connectivity index (χ0v) is 32.6. The van der Waals surface area contributed by atoms with E-state index >= 15 is 0 Å². The summed E-state index contributed by atoms with van der Waals surface area (Å²) in [5.74, 6) is 0.471. The normalized spacial score (nSPS) is 11.0. The molecule has 0 saturated carbocycles. The average molecular weight is 768 g/mol. The van der Waals surface area contributed by atoms with Gasteiger partial charge in [-0.05, 0) is 75.8 Å². The van der Waals surface area contributed by atoms with Crippen LogP contribution in [0.2, 0.25) is 0 Å². The maximum absolute atomic E-state index is 5.34. The summed E-state index contributed by atoms with van der Waals surface area (Å²) in [6.07, 6.45) is 0. The van der Waals surface area contributed by atoms with Crippen molar-refractivity contribution in [1.29, 1.82) is 0 Å². The number of pyridine rings is 3. The Kier molecular flexibility index (Phi) is 9.88. The molecule has 0 N–H and O–H groups in total. The second kappa shape index (κ2) is 16.4. The first kappa shape index (κ1) is 36.2. The fourth-order valence-electron chi connectivity index (χ4n) is 7.46. The summed E-state index contributed by atoms with van der Waals surface area (Å²) in [5.41, 5.74) is 15.3. The van der Waals surface area contributed by atoms with Crippen LogP contribution in [0.4, 0.5) is 0 Å². The van der Waals surface area contributed by atoms with Crippen LogP contribution in [0, 0.1) is 0 Å². The third-order valence-corrected chi connectivity index (χ3v) is 10.5. The van der Waals surface area contributed by atoms with Gasteiger partial charge in [-0.2, -0.15) is 0 Å². The quantitative estimate of drug-likeness (QED) is 0.146. The summed E-state index contributed by atoms with van der Waals surface area (Å²) in [5, 5.41) is 0. The lowest BCUT2D eigenvalue weighted by molar-refractivity contribution is 1.12. The molecular formula is C55H37N5. The molecule has 60 heavy (non-hydrogen) atoms. The molecule has 0 bridgehead atoms. The van der Waals surface area contributed by atoms with Crippen molar-refractivity contribution >= 4 is 0 Å². The van der Waals surface area contributed by atoms with Gasteiger partial charge in [-0.25, -0.2) is 24.9 Å². The Hall–Kier alpha value is -8.15. The molecule has 4 aromatic heterocycles. The van der Waals surface area contributed by atoms with E-state index < -0.39 is 0 Å². The van der Waals surface area contributed by atoms with Crippen molar-refractivity contribution in [2.75, 3.05) is 0 Å². The topological polar surface area (TPSA) is 64.5 Å². The van der Waals surface area contributed by atoms with Gasteiger partial charge in [0, 0.05) is 16.7 Å². The van der Waals surface area contributed by atoms with Crippen LogP contribution in [-0.2, 0) is 0 Å². The van der Waals surface area contributed by atoms with Gasteiger partial charge in [-0.1, -0.05) is 182 Å². The fourth-order valence-corrected chi connectivity index (χ4v) is 7.46. The van der Waals surface area contributed by atoms with E-state index in [2.05, 4.69) is 146 Å². The molecule has 0 fully saturated rings. The molecule has 10 rings (SSSR count). The summed E-state index contributed by atoms with van der Waals surface area (Å²) < 4.78 is 0. The van der Waals surface area contributed by atoms with E-state index in [9.17, 15) is 0 Å². The summed E-state index contributed by atoms with van der Waals surface area (Å²) in [4.78, 5) is 26.5. The molecule has 0 radical (unpaired) electrons. The predicted molar refractivity (Wildman–Crippen MR) is 244 cm³/mol. The van der Waals surface area contributed by atoms with Crippen LogP contribution in [-0.4, -0.2) is 24.9 Å². The maximum Gasteiger partial charge on any atom is 0.179 e. The van der Waals surface area contributed by atoms with Gasteiger partial charge in [0.25, 0.3) is 0 Å². The van der Waals surface area contributed by atoms with E-state index in [0.717, 1.165) is 67.2 Å². The highest BCUT2D eigenvalue weighted by Crippen LogP contribution is 2.36. The Bertz CT molecular complexity index is 2530. The Balaban J connectivity index is 1.24. The van der Waals surface area contributed by atoms with Crippen LogP contribution in [0.15, 0.2) is 224 Å². The van der Waals surface area contributed by atoms with Crippen LogP contribution in [0.25, 0.3) is 101 Å². The van der Waals surface area contributed by atoms with Crippen LogP contribution in [0.5, 0.6) is 0 Å². The zero-order chi connectivity index (χ0) is 40.1. The summed E-state index contributed by atoms with van der Waals surface area (Å²) in [6, 6.07) is 76.7. The van der Waals surface area contributed by atoms with E-state index in [4.69, 9.17) is 24.9 Å². The van der Waals surface area contributed by atoms with E-state index in [1.54, 1.807) is 0 Å². The van der Waals surface area contributed by atoms with E-state index in [-0.39, 0.29) is 0 Å². The van der Waals surface area contributed by atoms with Gasteiger partial charge in [0.05, 0.1) is 39.9 Å². The third kappa shape index (κ3) is 7.76. The maximum atomic E-state index is 5.34. The molecule has 0 amide bonds. The minimum absolute atomic E-state index is 0.471. The van der Waals surface area contributed by atoms with Gasteiger partial charge in [0.2, 0.25) is 0 Å². The standard InChI is InChI=1S/C55H37N5/c1-7-19-38(20-8-1)44-31-47(41-25-13-4-14-26-41)56-50(34-44)52-37-53(51-35-45(39-21-9-2-10-22-39)32-48(57-51)42-27-15-5-16-28-42)60-55(59-52)54-36-46(40-23-11-3-12-24-40)33-49(58-54)43-29-17-6-18-30-43/h1-37H. The smallest absolute Gasteiger partial charge is 0.179 e. The van der Waals surface area contributed by atoms with E-state index in [1.165, 1.54) is 0 Å². The monoisotopic (exact) mass is 767 g/mol. The largest absolute Gasteiger partial charge is 0.246 e. The fraction of sp³-hybridized carbons (Fsp3) is 0. The lowest BCUT2D eigenvalue weighted by Gasteiger charge is -2.14. The number of hydrogen-bond acceptors (Lipinski definition) is 5. The van der Waals surface area contributed by atoms with Gasteiger partial charge in [0.1, 0.15) is 5.69 Å². The van der Waals surface area contributed by atoms with Crippen molar-refractivity contribution in [3.63, 3.8) is 0 Å². The van der Waals surface area contributed by atoms with Crippen LogP contribution in [0.1, 0.15) is 0 Å². The highest BCUT2D eigenvalue weighted by molar-refractivity contribution is 5.81. The molecule has 10 aromatic rings. The molecule has 0 aliphatic carbocycles. The highest BCUT2D eigenvalue weighted by atomic mass is 15.0. The van der Waals surface area contributed by atoms with E-state index in [0.29, 0.717) is 34.3 Å². The summed E-state index contributed by atoms with van der Waals surface area (Å²) in [6.45, 7) is 0.